The van der Waals surface area contributed by atoms with Crippen molar-refractivity contribution in [2.75, 3.05) is 19.7 Å². The number of nitrogens with one attached hydrogen (secondary N) is 1. The Morgan fingerprint density at radius 2 is 1.85 bits per heavy atom. The van der Waals surface area contributed by atoms with Crippen molar-refractivity contribution in [3.05, 3.63) is 0 Å². The summed E-state index contributed by atoms with van der Waals surface area (Å²) in [4.78, 5) is 0. The fourth-order valence-electron chi connectivity index (χ4n) is 2.20. The average molecular weight is 185 g/mol. The Labute approximate surface area is 81.7 Å². The van der Waals surface area contributed by atoms with Crippen LogP contribution in [-0.2, 0) is 0 Å². The van der Waals surface area contributed by atoms with E-state index in [0.717, 1.165) is 19.0 Å². The lowest BCUT2D eigenvalue weighted by Crippen LogP contribution is -2.20. The van der Waals surface area contributed by atoms with E-state index < -0.39 is 0 Å². The summed E-state index contributed by atoms with van der Waals surface area (Å²) in [5, 5.41) is 11.8. The normalized spacial score (nSPS) is 19.2. The quantitative estimate of drug-likeness (QED) is 0.620. The van der Waals surface area contributed by atoms with Crippen LogP contribution in [-0.4, -0.2) is 24.8 Å². The minimum Gasteiger partial charge on any atom is -0.395 e. The molecule has 0 aromatic heterocycles. The summed E-state index contributed by atoms with van der Waals surface area (Å²) in [7, 11) is 0. The summed E-state index contributed by atoms with van der Waals surface area (Å²) in [6.07, 6.45) is 9.95. The topological polar surface area (TPSA) is 32.3 Å². The molecule has 0 aromatic carbocycles. The molecule has 1 rings (SSSR count). The molecule has 1 fully saturated rings. The number of hydrogen-bond donors (Lipinski definition) is 2. The molecular formula is C11H23NO. The monoisotopic (exact) mass is 185 g/mol. The summed E-state index contributed by atoms with van der Waals surface area (Å²) in [5.74, 6) is 1.00. The van der Waals surface area contributed by atoms with E-state index in [1.807, 2.05) is 0 Å². The maximum Gasteiger partial charge on any atom is 0.0555 e. The van der Waals surface area contributed by atoms with E-state index in [2.05, 4.69) is 5.32 Å². The minimum absolute atomic E-state index is 0.267. The van der Waals surface area contributed by atoms with Crippen molar-refractivity contribution in [1.82, 2.24) is 5.32 Å². The predicted octanol–water partition coefficient (Wildman–Crippen LogP) is 1.93. The standard InChI is InChI=1S/C11H23NO/c13-10-9-12-8-4-7-11-5-2-1-3-6-11/h11-13H,1-10H2. The molecule has 2 heteroatoms. The van der Waals surface area contributed by atoms with Gasteiger partial charge in [-0.1, -0.05) is 32.1 Å². The fraction of sp³-hybridized carbons (Fsp3) is 1.00. The highest BCUT2D eigenvalue weighted by Gasteiger charge is 2.12. The third kappa shape index (κ3) is 5.27. The van der Waals surface area contributed by atoms with Gasteiger partial charge in [-0.25, -0.2) is 0 Å². The Bertz CT molecular complexity index is 111. The van der Waals surface area contributed by atoms with Crippen LogP contribution in [0.15, 0.2) is 0 Å². The van der Waals surface area contributed by atoms with Crippen molar-refractivity contribution >= 4 is 0 Å². The molecule has 78 valence electrons. The van der Waals surface area contributed by atoms with E-state index in [0.29, 0.717) is 0 Å². The van der Waals surface area contributed by atoms with Crippen molar-refractivity contribution in [2.45, 2.75) is 44.9 Å². The number of aliphatic hydroxyl groups is 1. The highest BCUT2D eigenvalue weighted by Crippen LogP contribution is 2.26. The molecule has 2 N–H and O–H groups in total. The molecule has 0 unspecified atom stereocenters. The second-order valence-corrected chi connectivity index (χ2v) is 4.12. The van der Waals surface area contributed by atoms with Gasteiger partial charge in [0.2, 0.25) is 0 Å². The third-order valence-corrected chi connectivity index (χ3v) is 2.98. The van der Waals surface area contributed by atoms with E-state index in [9.17, 15) is 0 Å². The van der Waals surface area contributed by atoms with Gasteiger partial charge in [0.05, 0.1) is 6.61 Å². The predicted molar refractivity (Wildman–Crippen MR) is 55.8 cm³/mol. The lowest BCUT2D eigenvalue weighted by molar-refractivity contribution is 0.288. The van der Waals surface area contributed by atoms with Gasteiger partial charge in [-0.15, -0.1) is 0 Å². The molecule has 0 saturated heterocycles. The molecular weight excluding hydrogens is 162 g/mol. The molecule has 1 aliphatic rings. The van der Waals surface area contributed by atoms with Crippen LogP contribution in [0.25, 0.3) is 0 Å². The fourth-order valence-corrected chi connectivity index (χ4v) is 2.20. The number of rotatable bonds is 6. The van der Waals surface area contributed by atoms with Crippen LogP contribution in [0.2, 0.25) is 0 Å². The van der Waals surface area contributed by atoms with Crippen LogP contribution in [0.3, 0.4) is 0 Å². The van der Waals surface area contributed by atoms with Crippen molar-refractivity contribution in [3.63, 3.8) is 0 Å². The van der Waals surface area contributed by atoms with E-state index >= 15 is 0 Å². The molecule has 0 radical (unpaired) electrons. The van der Waals surface area contributed by atoms with Crippen LogP contribution < -0.4 is 5.32 Å². The Balaban J connectivity index is 1.86. The SMILES string of the molecule is OCCNCCCC1CCCCC1. The van der Waals surface area contributed by atoms with Crippen molar-refractivity contribution in [2.24, 2.45) is 5.92 Å². The largest absolute Gasteiger partial charge is 0.395 e. The molecule has 13 heavy (non-hydrogen) atoms. The summed E-state index contributed by atoms with van der Waals surface area (Å²) >= 11 is 0. The average Bonchev–Trinajstić information content (AvgIpc) is 2.19. The first kappa shape index (κ1) is 11.0. The van der Waals surface area contributed by atoms with Crippen molar-refractivity contribution < 1.29 is 5.11 Å². The summed E-state index contributed by atoms with van der Waals surface area (Å²) in [6, 6.07) is 0. The van der Waals surface area contributed by atoms with Crippen molar-refractivity contribution in [3.8, 4) is 0 Å². The Morgan fingerprint density at radius 1 is 1.08 bits per heavy atom. The molecule has 1 aliphatic carbocycles. The molecule has 0 bridgehead atoms. The highest BCUT2D eigenvalue weighted by molar-refractivity contribution is 4.66. The first-order valence-corrected chi connectivity index (χ1v) is 5.75. The van der Waals surface area contributed by atoms with Crippen LogP contribution in [0.1, 0.15) is 44.9 Å². The lowest BCUT2D eigenvalue weighted by Gasteiger charge is -2.21. The Kier molecular flexibility index (Phi) is 6.21. The summed E-state index contributed by atoms with van der Waals surface area (Å²) in [5.41, 5.74) is 0. The first-order valence-electron chi connectivity index (χ1n) is 5.75. The smallest absolute Gasteiger partial charge is 0.0555 e. The van der Waals surface area contributed by atoms with Gasteiger partial charge in [0.15, 0.2) is 0 Å². The summed E-state index contributed by atoms with van der Waals surface area (Å²) < 4.78 is 0. The zero-order valence-electron chi connectivity index (χ0n) is 8.60. The van der Waals surface area contributed by atoms with E-state index in [4.69, 9.17) is 5.11 Å². The Hall–Kier alpha value is -0.0800. The van der Waals surface area contributed by atoms with Gasteiger partial charge in [-0.05, 0) is 25.3 Å². The second-order valence-electron chi connectivity index (χ2n) is 4.12. The van der Waals surface area contributed by atoms with Crippen LogP contribution in [0.4, 0.5) is 0 Å². The van der Waals surface area contributed by atoms with Gasteiger partial charge in [-0.2, -0.15) is 0 Å². The number of hydrogen-bond acceptors (Lipinski definition) is 2. The zero-order valence-corrected chi connectivity index (χ0v) is 8.60. The third-order valence-electron chi connectivity index (χ3n) is 2.98. The highest BCUT2D eigenvalue weighted by atomic mass is 16.3. The lowest BCUT2D eigenvalue weighted by atomic mass is 9.86. The molecule has 0 heterocycles. The maximum atomic E-state index is 8.55. The summed E-state index contributed by atoms with van der Waals surface area (Å²) in [6.45, 7) is 2.10. The van der Waals surface area contributed by atoms with Gasteiger partial charge in [0.1, 0.15) is 0 Å². The van der Waals surface area contributed by atoms with Gasteiger partial charge in [0, 0.05) is 6.54 Å². The second kappa shape index (κ2) is 7.34. The molecule has 0 spiro atoms. The van der Waals surface area contributed by atoms with Crippen molar-refractivity contribution in [1.29, 1.82) is 0 Å². The molecule has 0 aliphatic heterocycles. The molecule has 2 nitrogen and oxygen atoms in total. The first-order chi connectivity index (χ1) is 6.43. The molecule has 0 aromatic rings. The van der Waals surface area contributed by atoms with Crippen LogP contribution >= 0.6 is 0 Å². The van der Waals surface area contributed by atoms with Crippen LogP contribution in [0.5, 0.6) is 0 Å². The van der Waals surface area contributed by atoms with Gasteiger partial charge < -0.3 is 10.4 Å². The number of aliphatic hydroxyl groups excluding tert-OH is 1. The molecule has 0 atom stereocenters. The molecule has 1 saturated carbocycles. The van der Waals surface area contributed by atoms with E-state index in [1.54, 1.807) is 0 Å². The minimum atomic E-state index is 0.267. The van der Waals surface area contributed by atoms with Gasteiger partial charge in [0.25, 0.3) is 0 Å². The zero-order chi connectivity index (χ0) is 9.36. The van der Waals surface area contributed by atoms with Crippen LogP contribution in [0, 0.1) is 5.92 Å². The van der Waals surface area contributed by atoms with Gasteiger partial charge >= 0.3 is 0 Å². The molecule has 0 amide bonds. The van der Waals surface area contributed by atoms with E-state index in [1.165, 1.54) is 44.9 Å². The van der Waals surface area contributed by atoms with Gasteiger partial charge in [-0.3, -0.25) is 0 Å². The maximum absolute atomic E-state index is 8.55. The Morgan fingerprint density at radius 3 is 2.54 bits per heavy atom. The van der Waals surface area contributed by atoms with E-state index in [-0.39, 0.29) is 6.61 Å².